The molecule has 8 heteroatoms. The second-order valence-corrected chi connectivity index (χ2v) is 7.61. The van der Waals surface area contributed by atoms with Crippen LogP contribution in [0.15, 0.2) is 16.8 Å². The lowest BCUT2D eigenvalue weighted by Gasteiger charge is -2.13. The first-order chi connectivity index (χ1) is 12.1. The van der Waals surface area contributed by atoms with Crippen LogP contribution in [-0.4, -0.2) is 38.9 Å². The molecule has 3 N–H and O–H groups in total. The average Bonchev–Trinajstić information content (AvgIpc) is 3.36. The average molecular weight is 363 g/mol. The van der Waals surface area contributed by atoms with E-state index in [4.69, 9.17) is 5.73 Å². The summed E-state index contributed by atoms with van der Waals surface area (Å²) in [5.74, 6) is 1.00. The van der Waals surface area contributed by atoms with E-state index in [1.165, 1.54) is 30.2 Å². The van der Waals surface area contributed by atoms with Crippen molar-refractivity contribution in [2.24, 2.45) is 5.73 Å². The molecule has 0 aliphatic heterocycles. The first-order valence-corrected chi connectivity index (χ1v) is 9.91. The number of carbonyl (C=O) groups is 2. The minimum Gasteiger partial charge on any atom is -0.368 e. The molecular formula is C17H25N5O2S. The molecule has 136 valence electrons. The fourth-order valence-electron chi connectivity index (χ4n) is 3.03. The molecule has 1 saturated carbocycles. The van der Waals surface area contributed by atoms with Gasteiger partial charge in [0.2, 0.25) is 11.8 Å². The summed E-state index contributed by atoms with van der Waals surface area (Å²) in [5, 5.41) is 11.9. The van der Waals surface area contributed by atoms with E-state index in [-0.39, 0.29) is 18.2 Å². The SMILES string of the molecule is NC(=O)Cn1c(SCC(=O)NCCC2=CCCCC2)nnc1C1CC1. The molecule has 7 nitrogen and oxygen atoms in total. The smallest absolute Gasteiger partial charge is 0.237 e. The van der Waals surface area contributed by atoms with Crippen molar-refractivity contribution < 1.29 is 9.59 Å². The van der Waals surface area contributed by atoms with Crippen molar-refractivity contribution in [2.45, 2.75) is 62.6 Å². The Balaban J connectivity index is 1.46. The fourth-order valence-corrected chi connectivity index (χ4v) is 3.80. The number of hydrogen-bond acceptors (Lipinski definition) is 5. The zero-order chi connectivity index (χ0) is 17.6. The molecule has 3 rings (SSSR count). The van der Waals surface area contributed by atoms with Gasteiger partial charge in [-0.1, -0.05) is 23.4 Å². The Hall–Kier alpha value is -1.83. The lowest BCUT2D eigenvalue weighted by Crippen LogP contribution is -2.27. The summed E-state index contributed by atoms with van der Waals surface area (Å²) in [4.78, 5) is 23.3. The largest absolute Gasteiger partial charge is 0.368 e. The van der Waals surface area contributed by atoms with Crippen molar-refractivity contribution >= 4 is 23.6 Å². The van der Waals surface area contributed by atoms with E-state index in [2.05, 4.69) is 21.6 Å². The van der Waals surface area contributed by atoms with Gasteiger partial charge in [0.1, 0.15) is 12.4 Å². The first kappa shape index (κ1) is 18.0. The monoisotopic (exact) mass is 363 g/mol. The number of nitrogens with zero attached hydrogens (tertiary/aromatic N) is 3. The van der Waals surface area contributed by atoms with E-state index in [0.29, 0.717) is 17.6 Å². The van der Waals surface area contributed by atoms with Crippen LogP contribution in [0.25, 0.3) is 0 Å². The van der Waals surface area contributed by atoms with Gasteiger partial charge in [0.05, 0.1) is 5.75 Å². The van der Waals surface area contributed by atoms with Gasteiger partial charge < -0.3 is 11.1 Å². The quantitative estimate of drug-likeness (QED) is 0.514. The molecule has 0 aromatic carbocycles. The van der Waals surface area contributed by atoms with Crippen LogP contribution in [-0.2, 0) is 16.1 Å². The van der Waals surface area contributed by atoms with Crippen molar-refractivity contribution in [1.82, 2.24) is 20.1 Å². The van der Waals surface area contributed by atoms with Crippen LogP contribution in [0, 0.1) is 0 Å². The number of hydrogen-bond donors (Lipinski definition) is 2. The highest BCUT2D eigenvalue weighted by Gasteiger charge is 2.30. The van der Waals surface area contributed by atoms with Crippen LogP contribution in [0.1, 0.15) is 56.7 Å². The van der Waals surface area contributed by atoms with Crippen molar-refractivity contribution in [3.63, 3.8) is 0 Å². The van der Waals surface area contributed by atoms with Gasteiger partial charge in [0.15, 0.2) is 5.16 Å². The Kier molecular flexibility index (Phi) is 6.12. The highest BCUT2D eigenvalue weighted by molar-refractivity contribution is 7.99. The molecule has 0 saturated heterocycles. The van der Waals surface area contributed by atoms with Gasteiger partial charge in [0.25, 0.3) is 0 Å². The van der Waals surface area contributed by atoms with Crippen LogP contribution < -0.4 is 11.1 Å². The molecule has 25 heavy (non-hydrogen) atoms. The molecule has 1 fully saturated rings. The third kappa shape index (κ3) is 5.32. The zero-order valence-corrected chi connectivity index (χ0v) is 15.2. The van der Waals surface area contributed by atoms with Gasteiger partial charge in [-0.25, -0.2) is 0 Å². The molecule has 0 atom stereocenters. The van der Waals surface area contributed by atoms with Crippen molar-refractivity contribution in [3.8, 4) is 0 Å². The maximum Gasteiger partial charge on any atom is 0.237 e. The van der Waals surface area contributed by atoms with Crippen LogP contribution in [0.3, 0.4) is 0 Å². The number of amides is 2. The minimum atomic E-state index is -0.422. The summed E-state index contributed by atoms with van der Waals surface area (Å²) in [6.07, 6.45) is 10.2. The Labute approximate surface area is 151 Å². The topological polar surface area (TPSA) is 103 Å². The van der Waals surface area contributed by atoms with E-state index in [9.17, 15) is 9.59 Å². The first-order valence-electron chi connectivity index (χ1n) is 8.92. The van der Waals surface area contributed by atoms with Gasteiger partial charge in [-0.05, 0) is 44.9 Å². The third-order valence-electron chi connectivity index (χ3n) is 4.49. The number of nitrogens with two attached hydrogens (primary N) is 1. The predicted molar refractivity (Wildman–Crippen MR) is 96.1 cm³/mol. The fraction of sp³-hybridized carbons (Fsp3) is 0.647. The van der Waals surface area contributed by atoms with Crippen LogP contribution in [0.5, 0.6) is 0 Å². The summed E-state index contributed by atoms with van der Waals surface area (Å²) in [5.41, 5.74) is 6.78. The number of nitrogens with one attached hydrogen (secondary N) is 1. The lowest BCUT2D eigenvalue weighted by atomic mass is 9.97. The molecule has 0 radical (unpaired) electrons. The zero-order valence-electron chi connectivity index (χ0n) is 14.4. The number of allylic oxidation sites excluding steroid dienone is 1. The van der Waals surface area contributed by atoms with Gasteiger partial charge in [-0.3, -0.25) is 14.2 Å². The Bertz CT molecular complexity index is 666. The molecule has 2 aliphatic carbocycles. The number of rotatable bonds is 9. The summed E-state index contributed by atoms with van der Waals surface area (Å²) in [6.45, 7) is 0.740. The highest BCUT2D eigenvalue weighted by Crippen LogP contribution is 2.39. The van der Waals surface area contributed by atoms with E-state index >= 15 is 0 Å². The molecule has 0 spiro atoms. The van der Waals surface area contributed by atoms with Gasteiger partial charge in [-0.2, -0.15) is 0 Å². The molecule has 0 bridgehead atoms. The van der Waals surface area contributed by atoms with Crippen LogP contribution in [0.4, 0.5) is 0 Å². The lowest BCUT2D eigenvalue weighted by molar-refractivity contribution is -0.119. The number of thioether (sulfide) groups is 1. The van der Waals surface area contributed by atoms with Gasteiger partial charge in [-0.15, -0.1) is 10.2 Å². The molecule has 1 heterocycles. The molecule has 1 aromatic rings. The molecule has 2 aliphatic rings. The highest BCUT2D eigenvalue weighted by atomic mass is 32.2. The normalized spacial score (nSPS) is 17.2. The van der Waals surface area contributed by atoms with Crippen LogP contribution in [0.2, 0.25) is 0 Å². The Morgan fingerprint density at radius 1 is 1.32 bits per heavy atom. The number of aromatic nitrogens is 3. The molecule has 2 amide bonds. The Morgan fingerprint density at radius 3 is 2.84 bits per heavy atom. The number of carbonyl (C=O) groups excluding carboxylic acids is 2. The van der Waals surface area contributed by atoms with Crippen molar-refractivity contribution in [3.05, 3.63) is 17.5 Å². The third-order valence-corrected chi connectivity index (χ3v) is 5.45. The van der Waals surface area contributed by atoms with E-state index in [0.717, 1.165) is 37.9 Å². The van der Waals surface area contributed by atoms with E-state index in [1.807, 2.05) is 0 Å². The minimum absolute atomic E-state index is 0.0250. The van der Waals surface area contributed by atoms with Crippen molar-refractivity contribution in [2.75, 3.05) is 12.3 Å². The summed E-state index contributed by atoms with van der Waals surface area (Å²) in [6, 6.07) is 0. The maximum atomic E-state index is 12.0. The number of primary amides is 1. The predicted octanol–water partition coefficient (Wildman–Crippen LogP) is 1.74. The van der Waals surface area contributed by atoms with Gasteiger partial charge >= 0.3 is 0 Å². The molecular weight excluding hydrogens is 338 g/mol. The van der Waals surface area contributed by atoms with Gasteiger partial charge in [0, 0.05) is 12.5 Å². The molecule has 0 unspecified atom stereocenters. The van der Waals surface area contributed by atoms with E-state index in [1.54, 1.807) is 4.57 Å². The second-order valence-electron chi connectivity index (χ2n) is 6.66. The van der Waals surface area contributed by atoms with E-state index < -0.39 is 5.91 Å². The summed E-state index contributed by atoms with van der Waals surface area (Å²) >= 11 is 1.30. The summed E-state index contributed by atoms with van der Waals surface area (Å²) in [7, 11) is 0. The maximum absolute atomic E-state index is 12.0. The molecule has 1 aromatic heterocycles. The standard InChI is InChI=1S/C17H25N5O2S/c18-14(23)10-22-16(13-6-7-13)20-21-17(22)25-11-15(24)19-9-8-12-4-2-1-3-5-12/h4,13H,1-3,5-11H2,(H2,18,23)(H,19,24). The summed E-state index contributed by atoms with van der Waals surface area (Å²) < 4.78 is 1.75. The van der Waals surface area contributed by atoms with Crippen LogP contribution >= 0.6 is 11.8 Å². The Morgan fingerprint density at radius 2 is 2.16 bits per heavy atom. The van der Waals surface area contributed by atoms with Crippen molar-refractivity contribution in [1.29, 1.82) is 0 Å². The second kappa shape index (κ2) is 8.51.